The van der Waals surface area contributed by atoms with Crippen molar-refractivity contribution in [3.8, 4) is 0 Å². The molecule has 0 aromatic rings. The standard InChI is InChI=1S/C12H24N2OS/c1-9-7-14(8-10(2)16-9)11(6-13)12-4-3-5-15-12/h9-12H,3-8,13H2,1-2H3. The van der Waals surface area contributed by atoms with Crippen molar-refractivity contribution in [3.05, 3.63) is 0 Å². The minimum absolute atomic E-state index is 0.382. The second kappa shape index (κ2) is 5.71. The van der Waals surface area contributed by atoms with Crippen LogP contribution in [0.1, 0.15) is 26.7 Å². The Kier molecular flexibility index (Phi) is 4.53. The predicted molar refractivity (Wildman–Crippen MR) is 69.9 cm³/mol. The Bertz CT molecular complexity index is 211. The molecule has 0 bridgehead atoms. The van der Waals surface area contributed by atoms with Crippen LogP contribution in [0.5, 0.6) is 0 Å². The fourth-order valence-corrected chi connectivity index (χ4v) is 4.28. The van der Waals surface area contributed by atoms with Gasteiger partial charge in [0, 0.05) is 42.8 Å². The van der Waals surface area contributed by atoms with Gasteiger partial charge in [-0.25, -0.2) is 0 Å². The Balaban J connectivity index is 1.96. The van der Waals surface area contributed by atoms with Gasteiger partial charge in [0.1, 0.15) is 0 Å². The first-order chi connectivity index (χ1) is 7.70. The maximum Gasteiger partial charge on any atom is 0.0743 e. The zero-order valence-electron chi connectivity index (χ0n) is 10.4. The summed E-state index contributed by atoms with van der Waals surface area (Å²) in [4.78, 5) is 2.56. The molecule has 4 heteroatoms. The van der Waals surface area contributed by atoms with Gasteiger partial charge in [-0.05, 0) is 12.8 Å². The van der Waals surface area contributed by atoms with Crippen LogP contribution in [0.4, 0.5) is 0 Å². The molecule has 2 heterocycles. The molecule has 0 aliphatic carbocycles. The first-order valence-electron chi connectivity index (χ1n) is 6.42. The third kappa shape index (κ3) is 2.92. The van der Waals surface area contributed by atoms with Gasteiger partial charge < -0.3 is 10.5 Å². The van der Waals surface area contributed by atoms with Crippen molar-refractivity contribution in [2.45, 2.75) is 49.3 Å². The molecule has 3 nitrogen and oxygen atoms in total. The number of nitrogens with zero attached hydrogens (tertiary/aromatic N) is 1. The van der Waals surface area contributed by atoms with Crippen molar-refractivity contribution in [2.75, 3.05) is 26.2 Å². The second-order valence-electron chi connectivity index (χ2n) is 5.07. The molecule has 0 saturated carbocycles. The monoisotopic (exact) mass is 244 g/mol. The zero-order valence-corrected chi connectivity index (χ0v) is 11.2. The minimum Gasteiger partial charge on any atom is -0.377 e. The van der Waals surface area contributed by atoms with Crippen LogP contribution in [0.15, 0.2) is 0 Å². The normalized spacial score (nSPS) is 38.8. The lowest BCUT2D eigenvalue weighted by Crippen LogP contribution is -2.54. The van der Waals surface area contributed by atoms with E-state index in [0.717, 1.165) is 36.7 Å². The Morgan fingerprint density at radius 2 is 2.06 bits per heavy atom. The maximum absolute atomic E-state index is 5.95. The second-order valence-corrected chi connectivity index (χ2v) is 6.95. The summed E-state index contributed by atoms with van der Waals surface area (Å²) < 4.78 is 5.80. The van der Waals surface area contributed by atoms with E-state index >= 15 is 0 Å². The van der Waals surface area contributed by atoms with Crippen LogP contribution in [0.2, 0.25) is 0 Å². The van der Waals surface area contributed by atoms with Gasteiger partial charge in [-0.2, -0.15) is 11.8 Å². The predicted octanol–water partition coefficient (Wildman–Crippen LogP) is 1.32. The summed E-state index contributed by atoms with van der Waals surface area (Å²) in [7, 11) is 0. The van der Waals surface area contributed by atoms with Gasteiger partial charge in [-0.15, -0.1) is 0 Å². The van der Waals surface area contributed by atoms with Crippen LogP contribution >= 0.6 is 11.8 Å². The average Bonchev–Trinajstić information content (AvgIpc) is 2.70. The van der Waals surface area contributed by atoms with E-state index in [4.69, 9.17) is 10.5 Å². The molecule has 94 valence electrons. The van der Waals surface area contributed by atoms with E-state index in [1.54, 1.807) is 0 Å². The van der Waals surface area contributed by atoms with Crippen molar-refractivity contribution < 1.29 is 4.74 Å². The lowest BCUT2D eigenvalue weighted by molar-refractivity contribution is 0.0266. The first-order valence-corrected chi connectivity index (χ1v) is 7.36. The number of rotatable bonds is 3. The summed E-state index contributed by atoms with van der Waals surface area (Å²) in [6, 6.07) is 0.438. The Morgan fingerprint density at radius 1 is 1.38 bits per heavy atom. The molecule has 0 aromatic carbocycles. The Hall–Kier alpha value is 0.230. The number of nitrogens with two attached hydrogens (primary N) is 1. The van der Waals surface area contributed by atoms with Crippen molar-refractivity contribution in [3.63, 3.8) is 0 Å². The molecule has 2 saturated heterocycles. The molecule has 0 aromatic heterocycles. The molecule has 4 unspecified atom stereocenters. The maximum atomic E-state index is 5.95. The fraction of sp³-hybridized carbons (Fsp3) is 1.00. The molecule has 4 atom stereocenters. The molecule has 2 aliphatic rings. The highest BCUT2D eigenvalue weighted by atomic mass is 32.2. The van der Waals surface area contributed by atoms with E-state index in [-0.39, 0.29) is 0 Å². The molecule has 2 N–H and O–H groups in total. The topological polar surface area (TPSA) is 38.5 Å². The number of thioether (sulfide) groups is 1. The van der Waals surface area contributed by atoms with Crippen LogP contribution in [-0.2, 0) is 4.74 Å². The van der Waals surface area contributed by atoms with Gasteiger partial charge in [0.15, 0.2) is 0 Å². The van der Waals surface area contributed by atoms with Crippen LogP contribution < -0.4 is 5.73 Å². The van der Waals surface area contributed by atoms with Crippen LogP contribution in [-0.4, -0.2) is 53.8 Å². The van der Waals surface area contributed by atoms with E-state index in [1.807, 2.05) is 0 Å². The third-order valence-corrected chi connectivity index (χ3v) is 4.78. The lowest BCUT2D eigenvalue weighted by Gasteiger charge is -2.41. The summed E-state index contributed by atoms with van der Waals surface area (Å²) in [5.41, 5.74) is 5.95. The number of hydrogen-bond donors (Lipinski definition) is 1. The van der Waals surface area contributed by atoms with Crippen LogP contribution in [0.3, 0.4) is 0 Å². The number of hydrogen-bond acceptors (Lipinski definition) is 4. The van der Waals surface area contributed by atoms with Gasteiger partial charge in [0.25, 0.3) is 0 Å². The first kappa shape index (κ1) is 12.7. The summed E-state index contributed by atoms with van der Waals surface area (Å²) in [6.45, 7) is 8.62. The van der Waals surface area contributed by atoms with E-state index in [0.29, 0.717) is 12.1 Å². The van der Waals surface area contributed by atoms with E-state index in [2.05, 4.69) is 30.5 Å². The highest BCUT2D eigenvalue weighted by Crippen LogP contribution is 2.28. The van der Waals surface area contributed by atoms with Gasteiger partial charge >= 0.3 is 0 Å². The largest absolute Gasteiger partial charge is 0.377 e. The Morgan fingerprint density at radius 3 is 2.56 bits per heavy atom. The summed E-state index contributed by atoms with van der Waals surface area (Å²) in [6.07, 6.45) is 2.77. The molecular weight excluding hydrogens is 220 g/mol. The molecule has 0 amide bonds. The van der Waals surface area contributed by atoms with Crippen molar-refractivity contribution in [1.29, 1.82) is 0 Å². The summed E-state index contributed by atoms with van der Waals surface area (Å²) in [5.74, 6) is 0. The average molecular weight is 244 g/mol. The smallest absolute Gasteiger partial charge is 0.0743 e. The van der Waals surface area contributed by atoms with Crippen molar-refractivity contribution >= 4 is 11.8 Å². The van der Waals surface area contributed by atoms with Gasteiger partial charge in [-0.3, -0.25) is 4.90 Å². The van der Waals surface area contributed by atoms with Crippen LogP contribution in [0, 0.1) is 0 Å². The zero-order chi connectivity index (χ0) is 11.5. The van der Waals surface area contributed by atoms with Gasteiger partial charge in [-0.1, -0.05) is 13.8 Å². The van der Waals surface area contributed by atoms with E-state index < -0.39 is 0 Å². The minimum atomic E-state index is 0.382. The van der Waals surface area contributed by atoms with Crippen molar-refractivity contribution in [1.82, 2.24) is 4.90 Å². The van der Waals surface area contributed by atoms with E-state index in [1.165, 1.54) is 12.8 Å². The highest BCUT2D eigenvalue weighted by Gasteiger charge is 2.33. The Labute approximate surface area is 103 Å². The molecule has 2 aliphatic heterocycles. The van der Waals surface area contributed by atoms with Crippen molar-refractivity contribution in [2.24, 2.45) is 5.73 Å². The van der Waals surface area contributed by atoms with Gasteiger partial charge in [0.2, 0.25) is 0 Å². The molecule has 0 radical (unpaired) electrons. The van der Waals surface area contributed by atoms with Crippen LogP contribution in [0.25, 0.3) is 0 Å². The third-order valence-electron chi connectivity index (χ3n) is 3.55. The molecule has 16 heavy (non-hydrogen) atoms. The lowest BCUT2D eigenvalue weighted by atomic mass is 10.1. The molecule has 2 fully saturated rings. The summed E-state index contributed by atoms with van der Waals surface area (Å²) in [5, 5.41) is 1.44. The molecular formula is C12H24N2OS. The quantitative estimate of drug-likeness (QED) is 0.812. The van der Waals surface area contributed by atoms with E-state index in [9.17, 15) is 0 Å². The molecule has 0 spiro atoms. The summed E-state index contributed by atoms with van der Waals surface area (Å²) >= 11 is 2.09. The van der Waals surface area contributed by atoms with Gasteiger partial charge in [0.05, 0.1) is 6.10 Å². The SMILES string of the molecule is CC1CN(C(CN)C2CCCO2)CC(C)S1. The fourth-order valence-electron chi connectivity index (χ4n) is 2.93. The molecule has 2 rings (SSSR count). The number of ether oxygens (including phenoxy) is 1. The highest BCUT2D eigenvalue weighted by molar-refractivity contribution is 8.00.